The van der Waals surface area contributed by atoms with Crippen LogP contribution in [0.25, 0.3) is 0 Å². The predicted octanol–water partition coefficient (Wildman–Crippen LogP) is 1.02. The number of halogens is 1. The molecule has 2 aromatic rings. The Morgan fingerprint density at radius 1 is 1.45 bits per heavy atom. The van der Waals surface area contributed by atoms with Crippen LogP contribution in [0.4, 0.5) is 20.6 Å². The Bertz CT molecular complexity index is 662. The Balaban J connectivity index is 2.43. The molecule has 0 saturated carbocycles. The number of nitrogens with two attached hydrogens (primary N) is 2. The molecule has 0 bridgehead atoms. The smallest absolute Gasteiger partial charge is 0.350 e. The topological polar surface area (TPSA) is 121 Å². The van der Waals surface area contributed by atoms with E-state index < -0.39 is 17.6 Å². The second kappa shape index (κ2) is 6.33. The minimum atomic E-state index is -0.841. The van der Waals surface area contributed by atoms with Gasteiger partial charge in [0.05, 0.1) is 18.5 Å². The molecule has 22 heavy (non-hydrogen) atoms. The van der Waals surface area contributed by atoms with Crippen LogP contribution in [0.5, 0.6) is 5.75 Å². The molecule has 0 atom stereocenters. The maximum Gasteiger partial charge on any atom is 0.350 e. The first kappa shape index (κ1) is 15.6. The molecular weight excluding hydrogens is 293 g/mol. The number of phenolic OH excluding ortho intramolecular Hbond substituents is 1. The maximum absolute atomic E-state index is 13.7. The molecule has 0 aliphatic heterocycles. The van der Waals surface area contributed by atoms with Crippen molar-refractivity contribution in [1.82, 2.24) is 5.43 Å². The van der Waals surface area contributed by atoms with E-state index in [0.717, 1.165) is 6.07 Å². The fraction of sp³-hybridized carbons (Fsp3) is 0.154. The number of hydrazine groups is 2. The third kappa shape index (κ3) is 2.95. The van der Waals surface area contributed by atoms with E-state index in [0.29, 0.717) is 10.8 Å². The number of carbonyl (C=O) groups excluding carboxylic acids is 1. The monoisotopic (exact) mass is 309 g/mol. The molecule has 8 nitrogen and oxygen atoms in total. The van der Waals surface area contributed by atoms with Gasteiger partial charge in [-0.05, 0) is 24.3 Å². The van der Waals surface area contributed by atoms with E-state index in [2.05, 4.69) is 0 Å². The van der Waals surface area contributed by atoms with Gasteiger partial charge in [-0.2, -0.15) is 0 Å². The minimum Gasteiger partial charge on any atom is -0.503 e. The van der Waals surface area contributed by atoms with Gasteiger partial charge in [-0.25, -0.2) is 25.9 Å². The standard InChI is InChI=1S/C13H16FN5O3/c1-18(7-8-3-2-6-22-8)11-10(19(16)13(21)17-15)5-4-9(14)12(11)20/h2-6,20H,7,15-16H2,1H3,(H,17,21). The van der Waals surface area contributed by atoms with Crippen molar-refractivity contribution in [2.24, 2.45) is 11.7 Å². The number of nitrogens with zero attached hydrogens (tertiary/aromatic N) is 2. The van der Waals surface area contributed by atoms with Crippen LogP contribution in [0.15, 0.2) is 34.9 Å². The summed E-state index contributed by atoms with van der Waals surface area (Å²) in [5, 5.41) is 10.7. The van der Waals surface area contributed by atoms with Gasteiger partial charge in [-0.1, -0.05) is 0 Å². The van der Waals surface area contributed by atoms with Gasteiger partial charge in [-0.15, -0.1) is 0 Å². The Morgan fingerprint density at radius 2 is 2.18 bits per heavy atom. The Hall–Kier alpha value is -2.78. The zero-order valence-electron chi connectivity index (χ0n) is 11.8. The molecule has 118 valence electrons. The second-order valence-corrected chi connectivity index (χ2v) is 4.52. The van der Waals surface area contributed by atoms with E-state index >= 15 is 0 Å². The molecule has 0 aliphatic rings. The largest absolute Gasteiger partial charge is 0.503 e. The lowest BCUT2D eigenvalue weighted by Crippen LogP contribution is -2.48. The quantitative estimate of drug-likeness (QED) is 0.380. The molecule has 1 heterocycles. The molecule has 1 aromatic carbocycles. The van der Waals surface area contributed by atoms with Crippen LogP contribution >= 0.6 is 0 Å². The number of furan rings is 1. The van der Waals surface area contributed by atoms with E-state index in [1.54, 1.807) is 19.2 Å². The highest BCUT2D eigenvalue weighted by Crippen LogP contribution is 2.38. The zero-order chi connectivity index (χ0) is 16.3. The van der Waals surface area contributed by atoms with Crippen LogP contribution < -0.4 is 27.0 Å². The highest BCUT2D eigenvalue weighted by atomic mass is 19.1. The fourth-order valence-corrected chi connectivity index (χ4v) is 2.01. The van der Waals surface area contributed by atoms with Crippen molar-refractivity contribution >= 4 is 17.4 Å². The third-order valence-corrected chi connectivity index (χ3v) is 3.04. The van der Waals surface area contributed by atoms with Crippen molar-refractivity contribution in [2.45, 2.75) is 6.54 Å². The van der Waals surface area contributed by atoms with Crippen molar-refractivity contribution in [3.8, 4) is 5.75 Å². The van der Waals surface area contributed by atoms with E-state index in [1.807, 2.05) is 5.43 Å². The highest BCUT2D eigenvalue weighted by molar-refractivity contribution is 5.95. The molecule has 0 fully saturated rings. The van der Waals surface area contributed by atoms with Gasteiger partial charge in [0, 0.05) is 7.05 Å². The van der Waals surface area contributed by atoms with Gasteiger partial charge in [0.25, 0.3) is 0 Å². The molecule has 0 unspecified atom stereocenters. The fourth-order valence-electron chi connectivity index (χ4n) is 2.01. The number of phenols is 1. The van der Waals surface area contributed by atoms with Crippen molar-refractivity contribution in [3.63, 3.8) is 0 Å². The average Bonchev–Trinajstić information content (AvgIpc) is 3.00. The number of amides is 2. The van der Waals surface area contributed by atoms with E-state index in [9.17, 15) is 14.3 Å². The SMILES string of the molecule is CN(Cc1ccco1)c1c(N(N)C(=O)NN)ccc(F)c1O. The number of hydrogen-bond donors (Lipinski definition) is 4. The highest BCUT2D eigenvalue weighted by Gasteiger charge is 2.23. The number of anilines is 2. The van der Waals surface area contributed by atoms with Crippen LogP contribution in [0.3, 0.4) is 0 Å². The Kier molecular flexibility index (Phi) is 4.49. The van der Waals surface area contributed by atoms with E-state index in [-0.39, 0.29) is 17.9 Å². The van der Waals surface area contributed by atoms with Crippen LogP contribution in [0.2, 0.25) is 0 Å². The van der Waals surface area contributed by atoms with Crippen molar-refractivity contribution in [1.29, 1.82) is 0 Å². The van der Waals surface area contributed by atoms with E-state index in [1.165, 1.54) is 17.2 Å². The number of rotatable bonds is 4. The number of nitrogens with one attached hydrogen (secondary N) is 1. The summed E-state index contributed by atoms with van der Waals surface area (Å²) in [7, 11) is 1.59. The lowest BCUT2D eigenvalue weighted by molar-refractivity contribution is 0.246. The van der Waals surface area contributed by atoms with Gasteiger partial charge < -0.3 is 14.4 Å². The molecule has 0 spiro atoms. The number of aromatic hydroxyl groups is 1. The van der Waals surface area contributed by atoms with Crippen LogP contribution in [0, 0.1) is 5.82 Å². The number of carbonyl (C=O) groups is 1. The Labute approximate surface area is 125 Å². The molecular formula is C13H16FN5O3. The molecule has 9 heteroatoms. The zero-order valence-corrected chi connectivity index (χ0v) is 11.8. The van der Waals surface area contributed by atoms with Gasteiger partial charge in [0.1, 0.15) is 11.4 Å². The summed E-state index contributed by atoms with van der Waals surface area (Å²) >= 11 is 0. The van der Waals surface area contributed by atoms with Crippen LogP contribution in [-0.2, 0) is 6.54 Å². The van der Waals surface area contributed by atoms with Gasteiger partial charge in [-0.3, -0.25) is 5.43 Å². The van der Waals surface area contributed by atoms with Crippen LogP contribution in [-0.4, -0.2) is 18.2 Å². The normalized spacial score (nSPS) is 10.4. The lowest BCUT2D eigenvalue weighted by atomic mass is 10.2. The first-order chi connectivity index (χ1) is 10.5. The van der Waals surface area contributed by atoms with Crippen LogP contribution in [0.1, 0.15) is 5.76 Å². The lowest BCUT2D eigenvalue weighted by Gasteiger charge is -2.26. The van der Waals surface area contributed by atoms with Crippen molar-refractivity contribution in [3.05, 3.63) is 42.1 Å². The van der Waals surface area contributed by atoms with Crippen molar-refractivity contribution in [2.75, 3.05) is 17.0 Å². The molecule has 0 aliphatic carbocycles. The second-order valence-electron chi connectivity index (χ2n) is 4.52. The minimum absolute atomic E-state index is 0.0301. The summed E-state index contributed by atoms with van der Waals surface area (Å²) < 4.78 is 18.9. The van der Waals surface area contributed by atoms with Gasteiger partial charge >= 0.3 is 6.03 Å². The first-order valence-corrected chi connectivity index (χ1v) is 6.26. The third-order valence-electron chi connectivity index (χ3n) is 3.04. The summed E-state index contributed by atoms with van der Waals surface area (Å²) in [5.74, 6) is 9.78. The Morgan fingerprint density at radius 3 is 2.77 bits per heavy atom. The molecule has 0 saturated heterocycles. The number of urea groups is 1. The summed E-state index contributed by atoms with van der Waals surface area (Å²) in [6, 6.07) is 4.86. The summed E-state index contributed by atoms with van der Waals surface area (Å²) in [5.41, 5.74) is 1.97. The predicted molar refractivity (Wildman–Crippen MR) is 78.3 cm³/mol. The summed E-state index contributed by atoms with van der Waals surface area (Å²) in [6.07, 6.45) is 1.49. The molecule has 0 radical (unpaired) electrons. The molecule has 1 aromatic heterocycles. The summed E-state index contributed by atoms with van der Waals surface area (Å²) in [6.45, 7) is 0.231. The van der Waals surface area contributed by atoms with Gasteiger partial charge in [0.2, 0.25) is 0 Å². The first-order valence-electron chi connectivity index (χ1n) is 6.26. The van der Waals surface area contributed by atoms with Crippen molar-refractivity contribution < 1.29 is 18.7 Å². The van der Waals surface area contributed by atoms with E-state index in [4.69, 9.17) is 16.1 Å². The maximum atomic E-state index is 13.7. The summed E-state index contributed by atoms with van der Waals surface area (Å²) in [4.78, 5) is 13.0. The number of benzene rings is 1. The molecule has 2 rings (SSSR count). The molecule has 2 amide bonds. The average molecular weight is 309 g/mol. The molecule has 6 N–H and O–H groups in total. The number of hydrogen-bond acceptors (Lipinski definition) is 6. The van der Waals surface area contributed by atoms with Gasteiger partial charge in [0.15, 0.2) is 11.6 Å².